The Bertz CT molecular complexity index is 995. The topological polar surface area (TPSA) is 68.7 Å². The molecular formula is C18H12F3N3O. The number of nitrogens with one attached hydrogen (secondary N) is 2. The predicted molar refractivity (Wildman–Crippen MR) is 87.1 cm³/mol. The molecule has 0 aliphatic rings. The van der Waals surface area contributed by atoms with Crippen LogP contribution in [0, 0.1) is 18.3 Å². The molecule has 0 aliphatic carbocycles. The number of H-pyrrole nitrogens is 1. The van der Waals surface area contributed by atoms with Gasteiger partial charge >= 0.3 is 6.18 Å². The lowest BCUT2D eigenvalue weighted by atomic mass is 10.1. The maximum absolute atomic E-state index is 12.6. The Kier molecular flexibility index (Phi) is 3.97. The molecule has 4 nitrogen and oxygen atoms in total. The van der Waals surface area contributed by atoms with Gasteiger partial charge in [-0.1, -0.05) is 0 Å². The molecule has 0 saturated heterocycles. The molecule has 126 valence electrons. The maximum Gasteiger partial charge on any atom is 0.416 e. The molecule has 2 N–H and O–H groups in total. The number of hydrogen-bond acceptors (Lipinski definition) is 2. The van der Waals surface area contributed by atoms with Gasteiger partial charge in [-0.05, 0) is 49.4 Å². The fourth-order valence-corrected chi connectivity index (χ4v) is 2.56. The highest BCUT2D eigenvalue weighted by Crippen LogP contribution is 2.30. The first-order valence-corrected chi connectivity index (χ1v) is 7.30. The van der Waals surface area contributed by atoms with Gasteiger partial charge in [-0.15, -0.1) is 0 Å². The van der Waals surface area contributed by atoms with Gasteiger partial charge in [0, 0.05) is 16.6 Å². The molecule has 0 bridgehead atoms. The van der Waals surface area contributed by atoms with Gasteiger partial charge in [0.2, 0.25) is 0 Å². The molecule has 1 heterocycles. The minimum Gasteiger partial charge on any atom is -0.358 e. The molecule has 25 heavy (non-hydrogen) atoms. The van der Waals surface area contributed by atoms with E-state index in [0.717, 1.165) is 30.0 Å². The number of anilines is 1. The summed E-state index contributed by atoms with van der Waals surface area (Å²) in [5.74, 6) is -0.529. The Morgan fingerprint density at radius 2 is 1.84 bits per heavy atom. The summed E-state index contributed by atoms with van der Waals surface area (Å²) in [4.78, 5) is 15.4. The van der Waals surface area contributed by atoms with E-state index >= 15 is 0 Å². The summed E-state index contributed by atoms with van der Waals surface area (Å²) >= 11 is 0. The third-order valence-corrected chi connectivity index (χ3v) is 3.77. The number of fused-ring (bicyclic) bond motifs is 1. The lowest BCUT2D eigenvalue weighted by Crippen LogP contribution is -2.13. The van der Waals surface area contributed by atoms with E-state index in [9.17, 15) is 18.0 Å². The molecule has 0 fully saturated rings. The molecule has 0 saturated carbocycles. The molecule has 0 atom stereocenters. The van der Waals surface area contributed by atoms with Crippen molar-refractivity contribution in [1.29, 1.82) is 5.26 Å². The summed E-state index contributed by atoms with van der Waals surface area (Å²) in [5.41, 5.74) is 1.63. The summed E-state index contributed by atoms with van der Waals surface area (Å²) in [6.45, 7) is 1.82. The van der Waals surface area contributed by atoms with E-state index in [1.165, 1.54) is 0 Å². The molecule has 7 heteroatoms. The average molecular weight is 343 g/mol. The number of halogens is 3. The van der Waals surface area contributed by atoms with Crippen molar-refractivity contribution in [3.05, 3.63) is 64.8 Å². The summed E-state index contributed by atoms with van der Waals surface area (Å²) in [6.07, 6.45) is -4.45. The Morgan fingerprint density at radius 3 is 2.44 bits per heavy atom. The van der Waals surface area contributed by atoms with Gasteiger partial charge in [0.05, 0.1) is 22.3 Å². The van der Waals surface area contributed by atoms with Gasteiger partial charge in [0.1, 0.15) is 6.07 Å². The van der Waals surface area contributed by atoms with Crippen LogP contribution in [0.1, 0.15) is 27.2 Å². The van der Waals surface area contributed by atoms with Crippen molar-refractivity contribution in [2.24, 2.45) is 0 Å². The van der Waals surface area contributed by atoms with Crippen molar-refractivity contribution in [1.82, 2.24) is 4.98 Å². The zero-order valence-electron chi connectivity index (χ0n) is 13.0. The van der Waals surface area contributed by atoms with Crippen molar-refractivity contribution >= 4 is 22.5 Å². The van der Waals surface area contributed by atoms with Gasteiger partial charge in [0.25, 0.3) is 5.91 Å². The Morgan fingerprint density at radius 1 is 1.16 bits per heavy atom. The van der Waals surface area contributed by atoms with E-state index in [1.54, 1.807) is 18.2 Å². The van der Waals surface area contributed by atoms with E-state index in [-0.39, 0.29) is 5.56 Å². The Labute approximate surface area is 140 Å². The second kappa shape index (κ2) is 5.98. The molecule has 1 amide bonds. The maximum atomic E-state index is 12.6. The summed E-state index contributed by atoms with van der Waals surface area (Å²) in [6, 6.07) is 11.0. The van der Waals surface area contributed by atoms with Gasteiger partial charge in [-0.2, -0.15) is 18.4 Å². The van der Waals surface area contributed by atoms with Crippen molar-refractivity contribution in [2.75, 3.05) is 5.32 Å². The third-order valence-electron chi connectivity index (χ3n) is 3.77. The molecule has 0 aliphatic heterocycles. The van der Waals surface area contributed by atoms with Gasteiger partial charge in [-0.3, -0.25) is 4.79 Å². The zero-order chi connectivity index (χ0) is 18.2. The Balaban J connectivity index is 1.91. The second-order valence-electron chi connectivity index (χ2n) is 5.54. The van der Waals surface area contributed by atoms with Crippen LogP contribution in [0.5, 0.6) is 0 Å². The van der Waals surface area contributed by atoms with Crippen LogP contribution in [0.2, 0.25) is 0 Å². The molecule has 0 spiro atoms. The number of aromatic amines is 1. The van der Waals surface area contributed by atoms with Crippen LogP contribution in [0.4, 0.5) is 18.9 Å². The minimum atomic E-state index is -4.45. The number of nitriles is 1. The molecule has 1 aromatic heterocycles. The number of rotatable bonds is 2. The number of amides is 1. The number of nitrogens with zero attached hydrogens (tertiary/aromatic N) is 1. The van der Waals surface area contributed by atoms with Crippen molar-refractivity contribution < 1.29 is 18.0 Å². The number of alkyl halides is 3. The molecule has 0 radical (unpaired) electrons. The number of aromatic nitrogens is 1. The van der Waals surface area contributed by atoms with Crippen LogP contribution in [0.3, 0.4) is 0 Å². The number of carbonyl (C=O) groups is 1. The largest absolute Gasteiger partial charge is 0.416 e. The van der Waals surface area contributed by atoms with Crippen molar-refractivity contribution in [3.63, 3.8) is 0 Å². The lowest BCUT2D eigenvalue weighted by Gasteiger charge is -2.09. The number of benzene rings is 2. The van der Waals surface area contributed by atoms with Gasteiger partial charge in [-0.25, -0.2) is 0 Å². The predicted octanol–water partition coefficient (Wildman–Crippen LogP) is 4.62. The quantitative estimate of drug-likeness (QED) is 0.713. The molecule has 2 aromatic carbocycles. The standard InChI is InChI=1S/C18H12F3N3O/c1-10-8-14-15(7-4-12(9-22)16(14)23-10)24-17(25)11-2-5-13(6-3-11)18(19,20)21/h2-8,23H,1H3,(H,24,25). The highest BCUT2D eigenvalue weighted by Gasteiger charge is 2.30. The van der Waals surface area contributed by atoms with Crippen LogP contribution in [0.15, 0.2) is 42.5 Å². The average Bonchev–Trinajstić information content (AvgIpc) is 2.96. The highest BCUT2D eigenvalue weighted by molar-refractivity contribution is 6.09. The van der Waals surface area contributed by atoms with Gasteiger partial charge in [0.15, 0.2) is 0 Å². The van der Waals surface area contributed by atoms with E-state index < -0.39 is 17.6 Å². The minimum absolute atomic E-state index is 0.109. The fourth-order valence-electron chi connectivity index (χ4n) is 2.56. The van der Waals surface area contributed by atoms with E-state index in [1.807, 2.05) is 6.92 Å². The van der Waals surface area contributed by atoms with Gasteiger partial charge < -0.3 is 10.3 Å². The zero-order valence-corrected chi connectivity index (χ0v) is 13.0. The van der Waals surface area contributed by atoms with Crippen LogP contribution in [-0.2, 0) is 6.18 Å². The van der Waals surface area contributed by atoms with E-state index in [0.29, 0.717) is 22.2 Å². The lowest BCUT2D eigenvalue weighted by molar-refractivity contribution is -0.137. The smallest absolute Gasteiger partial charge is 0.358 e. The number of carbonyl (C=O) groups excluding carboxylic acids is 1. The van der Waals surface area contributed by atoms with Crippen molar-refractivity contribution in [3.8, 4) is 6.07 Å². The van der Waals surface area contributed by atoms with Crippen molar-refractivity contribution in [2.45, 2.75) is 13.1 Å². The first-order valence-electron chi connectivity index (χ1n) is 7.30. The fraction of sp³-hybridized carbons (Fsp3) is 0.111. The third kappa shape index (κ3) is 3.19. The van der Waals surface area contributed by atoms with E-state index in [4.69, 9.17) is 5.26 Å². The highest BCUT2D eigenvalue weighted by atomic mass is 19.4. The summed E-state index contributed by atoms with van der Waals surface area (Å²) in [5, 5.41) is 12.5. The number of aryl methyl sites for hydroxylation is 1. The molecular weight excluding hydrogens is 331 g/mol. The number of hydrogen-bond donors (Lipinski definition) is 2. The first-order chi connectivity index (χ1) is 11.8. The Hall–Kier alpha value is -3.27. The molecule has 3 rings (SSSR count). The SMILES string of the molecule is Cc1cc2c(NC(=O)c3ccc(C(F)(F)F)cc3)ccc(C#N)c2[nH]1. The van der Waals surface area contributed by atoms with Crippen LogP contribution >= 0.6 is 0 Å². The summed E-state index contributed by atoms with van der Waals surface area (Å²) < 4.78 is 37.8. The molecule has 0 unspecified atom stereocenters. The first kappa shape index (κ1) is 16.6. The molecule has 3 aromatic rings. The van der Waals surface area contributed by atoms with E-state index in [2.05, 4.69) is 16.4 Å². The van der Waals surface area contributed by atoms with Crippen LogP contribution in [-0.4, -0.2) is 10.9 Å². The van der Waals surface area contributed by atoms with Crippen LogP contribution in [0.25, 0.3) is 10.9 Å². The normalized spacial score (nSPS) is 11.3. The second-order valence-corrected chi connectivity index (χ2v) is 5.54. The van der Waals surface area contributed by atoms with Crippen LogP contribution < -0.4 is 5.32 Å². The monoisotopic (exact) mass is 343 g/mol. The summed E-state index contributed by atoms with van der Waals surface area (Å²) in [7, 11) is 0.